The first-order chi connectivity index (χ1) is 15.7. The molecular weight excluding hydrogens is 527 g/mol. The first kappa shape index (κ1) is 27.5. The normalized spacial score (nSPS) is 11.7. The van der Waals surface area contributed by atoms with E-state index in [-0.39, 0.29) is 25.0 Å². The molecule has 0 saturated carbocycles. The topological polar surface area (TPSA) is 58.6 Å². The van der Waals surface area contributed by atoms with Gasteiger partial charge in [0.25, 0.3) is 5.91 Å². The maximum atomic E-state index is 13.3. The summed E-state index contributed by atoms with van der Waals surface area (Å²) in [4.78, 5) is 27.8. The monoisotopic (exact) mass is 556 g/mol. The molecule has 2 amide bonds. The van der Waals surface area contributed by atoms with Gasteiger partial charge in [0, 0.05) is 33.2 Å². The zero-order valence-electron chi connectivity index (χ0n) is 19.5. The van der Waals surface area contributed by atoms with E-state index in [9.17, 15) is 9.59 Å². The molecule has 2 aromatic carbocycles. The molecule has 2 rings (SSSR count). The van der Waals surface area contributed by atoms with Crippen molar-refractivity contribution in [1.29, 1.82) is 0 Å². The van der Waals surface area contributed by atoms with E-state index in [0.717, 1.165) is 28.4 Å². The summed E-state index contributed by atoms with van der Waals surface area (Å²) in [6.45, 7) is 8.33. The minimum absolute atomic E-state index is 0.110. The zero-order chi connectivity index (χ0) is 24.5. The summed E-state index contributed by atoms with van der Waals surface area (Å²) in [5.74, 6) is 0.0808. The fourth-order valence-corrected chi connectivity index (χ4v) is 4.24. The van der Waals surface area contributed by atoms with Gasteiger partial charge in [0.05, 0.1) is 0 Å². The van der Waals surface area contributed by atoms with Crippen LogP contribution in [0, 0.1) is 13.8 Å². The van der Waals surface area contributed by atoms with Gasteiger partial charge in [-0.15, -0.1) is 0 Å². The summed E-state index contributed by atoms with van der Waals surface area (Å²) in [7, 11) is 0. The van der Waals surface area contributed by atoms with Crippen molar-refractivity contribution in [3.8, 4) is 5.75 Å². The molecule has 0 aliphatic carbocycles. The quantitative estimate of drug-likeness (QED) is 0.322. The molecule has 0 bridgehead atoms. The number of benzene rings is 2. The number of ether oxygens (including phenoxy) is 1. The van der Waals surface area contributed by atoms with Crippen LogP contribution in [0.3, 0.4) is 0 Å². The maximum absolute atomic E-state index is 13.3. The van der Waals surface area contributed by atoms with Crippen LogP contribution in [0.1, 0.15) is 49.8 Å². The van der Waals surface area contributed by atoms with Gasteiger partial charge in [-0.05, 0) is 62.1 Å². The average Bonchev–Trinajstić information content (AvgIpc) is 2.77. The molecule has 0 radical (unpaired) electrons. The highest BCUT2D eigenvalue weighted by Crippen LogP contribution is 2.28. The molecule has 1 N–H and O–H groups in total. The van der Waals surface area contributed by atoms with Crippen LogP contribution in [0.5, 0.6) is 5.75 Å². The van der Waals surface area contributed by atoms with E-state index >= 15 is 0 Å². The molecule has 180 valence electrons. The Morgan fingerprint density at radius 2 is 1.73 bits per heavy atom. The van der Waals surface area contributed by atoms with Crippen molar-refractivity contribution in [2.45, 2.75) is 59.5 Å². The predicted octanol–water partition coefficient (Wildman–Crippen LogP) is 6.48. The number of rotatable bonds is 11. The number of hydrogen-bond acceptors (Lipinski definition) is 3. The van der Waals surface area contributed by atoms with Crippen LogP contribution in [-0.4, -0.2) is 35.9 Å². The van der Waals surface area contributed by atoms with Crippen molar-refractivity contribution in [3.05, 3.63) is 61.5 Å². The standard InChI is InChI=1S/C25H31BrCl2N2O3/c1-5-7-11-29-25(32)22(6-2)30(14-19-20(27)9-8-10-21(19)28)23(31)15-33-18-12-16(3)24(26)17(4)13-18/h8-10,12-13,22H,5-7,11,14-15H2,1-4H3,(H,29,32)/t22-/m1/s1. The van der Waals surface area contributed by atoms with E-state index in [1.807, 2.05) is 32.9 Å². The third kappa shape index (κ3) is 7.62. The maximum Gasteiger partial charge on any atom is 0.261 e. The minimum atomic E-state index is -0.668. The average molecular weight is 558 g/mol. The van der Waals surface area contributed by atoms with Crippen LogP contribution in [-0.2, 0) is 16.1 Å². The highest BCUT2D eigenvalue weighted by Gasteiger charge is 2.30. The number of halogens is 3. The number of amides is 2. The Hall–Kier alpha value is -1.76. The molecule has 0 aliphatic heterocycles. The molecule has 0 saturated heterocycles. The van der Waals surface area contributed by atoms with Crippen LogP contribution in [0.15, 0.2) is 34.8 Å². The number of unbranched alkanes of at least 4 members (excludes halogenated alkanes) is 1. The van der Waals surface area contributed by atoms with Gasteiger partial charge in [0.15, 0.2) is 6.61 Å². The summed E-state index contributed by atoms with van der Waals surface area (Å²) < 4.78 is 6.83. The molecule has 1 atom stereocenters. The van der Waals surface area contributed by atoms with Gasteiger partial charge >= 0.3 is 0 Å². The molecule has 5 nitrogen and oxygen atoms in total. The van der Waals surface area contributed by atoms with Crippen molar-refractivity contribution in [3.63, 3.8) is 0 Å². The second-order valence-corrected chi connectivity index (χ2v) is 9.56. The molecule has 0 heterocycles. The number of carbonyl (C=O) groups is 2. The van der Waals surface area contributed by atoms with E-state index < -0.39 is 6.04 Å². The number of hydrogen-bond donors (Lipinski definition) is 1. The lowest BCUT2D eigenvalue weighted by Gasteiger charge is -2.31. The number of nitrogens with zero attached hydrogens (tertiary/aromatic N) is 1. The highest BCUT2D eigenvalue weighted by atomic mass is 79.9. The minimum Gasteiger partial charge on any atom is -0.484 e. The lowest BCUT2D eigenvalue weighted by Crippen LogP contribution is -2.50. The molecule has 2 aromatic rings. The van der Waals surface area contributed by atoms with Crippen molar-refractivity contribution >= 4 is 50.9 Å². The summed E-state index contributed by atoms with van der Waals surface area (Å²) in [5.41, 5.74) is 2.63. The van der Waals surface area contributed by atoms with Crippen molar-refractivity contribution in [1.82, 2.24) is 10.2 Å². The Bertz CT molecular complexity index is 941. The van der Waals surface area contributed by atoms with Crippen molar-refractivity contribution in [2.24, 2.45) is 0 Å². The largest absolute Gasteiger partial charge is 0.484 e. The summed E-state index contributed by atoms with van der Waals surface area (Å²) >= 11 is 16.3. The fraction of sp³-hybridized carbons (Fsp3) is 0.440. The summed E-state index contributed by atoms with van der Waals surface area (Å²) in [6.07, 6.45) is 2.29. The van der Waals surface area contributed by atoms with Gasteiger partial charge in [-0.25, -0.2) is 0 Å². The smallest absolute Gasteiger partial charge is 0.261 e. The lowest BCUT2D eigenvalue weighted by molar-refractivity contribution is -0.143. The van der Waals surface area contributed by atoms with Crippen LogP contribution < -0.4 is 10.1 Å². The van der Waals surface area contributed by atoms with E-state index in [0.29, 0.717) is 34.3 Å². The lowest BCUT2D eigenvalue weighted by atomic mass is 10.1. The third-order valence-electron chi connectivity index (χ3n) is 5.38. The first-order valence-electron chi connectivity index (χ1n) is 11.1. The van der Waals surface area contributed by atoms with E-state index in [2.05, 4.69) is 28.2 Å². The summed E-state index contributed by atoms with van der Waals surface area (Å²) in [5, 5.41) is 3.83. The van der Waals surface area contributed by atoms with Crippen LogP contribution >= 0.6 is 39.1 Å². The molecular formula is C25H31BrCl2N2O3. The predicted molar refractivity (Wildman–Crippen MR) is 138 cm³/mol. The van der Waals surface area contributed by atoms with Gasteiger partial charge in [0.2, 0.25) is 5.91 Å². The highest BCUT2D eigenvalue weighted by molar-refractivity contribution is 9.10. The molecule has 0 fully saturated rings. The van der Waals surface area contributed by atoms with E-state index in [1.165, 1.54) is 4.90 Å². The SMILES string of the molecule is CCCCNC(=O)[C@@H](CC)N(Cc1c(Cl)cccc1Cl)C(=O)COc1cc(C)c(Br)c(C)c1. The third-order valence-corrected chi connectivity index (χ3v) is 7.34. The second-order valence-electron chi connectivity index (χ2n) is 7.95. The molecule has 8 heteroatoms. The van der Waals surface area contributed by atoms with Crippen LogP contribution in [0.2, 0.25) is 10.0 Å². The number of nitrogens with one attached hydrogen (secondary N) is 1. The Morgan fingerprint density at radius 3 is 2.27 bits per heavy atom. The van der Waals surface area contributed by atoms with Gasteiger partial charge in [-0.2, -0.15) is 0 Å². The Labute approximate surface area is 214 Å². The number of carbonyl (C=O) groups excluding carboxylic acids is 2. The van der Waals surface area contributed by atoms with E-state index in [4.69, 9.17) is 27.9 Å². The molecule has 0 unspecified atom stereocenters. The van der Waals surface area contributed by atoms with Crippen LogP contribution in [0.25, 0.3) is 0 Å². The fourth-order valence-electron chi connectivity index (χ4n) is 3.50. The van der Waals surface area contributed by atoms with Gasteiger partial charge in [0.1, 0.15) is 11.8 Å². The molecule has 0 spiro atoms. The molecule has 33 heavy (non-hydrogen) atoms. The van der Waals surface area contributed by atoms with Crippen LogP contribution in [0.4, 0.5) is 0 Å². The van der Waals surface area contributed by atoms with Gasteiger partial charge in [-0.1, -0.05) is 65.5 Å². The molecule has 0 aliphatic rings. The van der Waals surface area contributed by atoms with Gasteiger partial charge < -0.3 is 15.0 Å². The summed E-state index contributed by atoms with van der Waals surface area (Å²) in [6, 6.07) is 8.26. The number of aryl methyl sites for hydroxylation is 2. The zero-order valence-corrected chi connectivity index (χ0v) is 22.6. The Morgan fingerprint density at radius 1 is 1.12 bits per heavy atom. The van der Waals surface area contributed by atoms with Crippen molar-refractivity contribution in [2.75, 3.05) is 13.2 Å². The second kappa shape index (κ2) is 13.2. The van der Waals surface area contributed by atoms with Gasteiger partial charge in [-0.3, -0.25) is 9.59 Å². The molecule has 0 aromatic heterocycles. The van der Waals surface area contributed by atoms with E-state index in [1.54, 1.807) is 18.2 Å². The Kier molecular flexibility index (Phi) is 11.0. The first-order valence-corrected chi connectivity index (χ1v) is 12.6. The van der Waals surface area contributed by atoms with Crippen molar-refractivity contribution < 1.29 is 14.3 Å². The Balaban J connectivity index is 2.28.